The van der Waals surface area contributed by atoms with Gasteiger partial charge in [0.15, 0.2) is 0 Å². The predicted octanol–water partition coefficient (Wildman–Crippen LogP) is 1.74. The van der Waals surface area contributed by atoms with Crippen molar-refractivity contribution in [1.82, 2.24) is 4.90 Å². The molecule has 3 nitrogen and oxygen atoms in total. The Labute approximate surface area is 100 Å². The van der Waals surface area contributed by atoms with Crippen LogP contribution in [-0.2, 0) is 0 Å². The minimum Gasteiger partial charge on any atom is -0.395 e. The Bertz CT molecular complexity index is 181. The molecule has 0 aliphatic heterocycles. The van der Waals surface area contributed by atoms with Gasteiger partial charge in [0.1, 0.15) is 0 Å². The van der Waals surface area contributed by atoms with E-state index in [4.69, 9.17) is 5.73 Å². The SMILES string of the molecule is CCC(N)C(CO)N(CC)C1CCCCC1. The third kappa shape index (κ3) is 3.44. The second kappa shape index (κ2) is 7.25. The summed E-state index contributed by atoms with van der Waals surface area (Å²) in [5.74, 6) is 0. The van der Waals surface area contributed by atoms with Gasteiger partial charge in [0.25, 0.3) is 0 Å². The van der Waals surface area contributed by atoms with Crippen molar-refractivity contribution in [2.45, 2.75) is 70.5 Å². The van der Waals surface area contributed by atoms with E-state index in [1.165, 1.54) is 32.1 Å². The number of rotatable bonds is 6. The molecule has 1 rings (SSSR count). The standard InChI is InChI=1S/C13H28N2O/c1-3-12(14)13(10-16)15(4-2)11-8-6-5-7-9-11/h11-13,16H,3-10,14H2,1-2H3. The van der Waals surface area contributed by atoms with E-state index in [0.717, 1.165) is 13.0 Å². The lowest BCUT2D eigenvalue weighted by Gasteiger charge is -2.40. The Morgan fingerprint density at radius 3 is 2.31 bits per heavy atom. The quantitative estimate of drug-likeness (QED) is 0.728. The van der Waals surface area contributed by atoms with Gasteiger partial charge in [0, 0.05) is 18.1 Å². The molecule has 0 radical (unpaired) electrons. The number of nitrogens with zero attached hydrogens (tertiary/aromatic N) is 1. The van der Waals surface area contributed by atoms with Gasteiger partial charge in [-0.15, -0.1) is 0 Å². The van der Waals surface area contributed by atoms with Gasteiger partial charge in [0.05, 0.1) is 6.61 Å². The minimum atomic E-state index is 0.104. The van der Waals surface area contributed by atoms with Crippen LogP contribution in [-0.4, -0.2) is 41.3 Å². The predicted molar refractivity (Wildman–Crippen MR) is 68.4 cm³/mol. The Morgan fingerprint density at radius 2 is 1.88 bits per heavy atom. The Hall–Kier alpha value is -0.120. The van der Waals surface area contributed by atoms with Gasteiger partial charge in [-0.05, 0) is 25.8 Å². The van der Waals surface area contributed by atoms with Crippen molar-refractivity contribution in [3.8, 4) is 0 Å². The van der Waals surface area contributed by atoms with Crippen LogP contribution in [0, 0.1) is 0 Å². The topological polar surface area (TPSA) is 49.5 Å². The third-order valence-corrected chi connectivity index (χ3v) is 3.99. The first kappa shape index (κ1) is 13.9. The van der Waals surface area contributed by atoms with E-state index in [9.17, 15) is 5.11 Å². The lowest BCUT2D eigenvalue weighted by Crippen LogP contribution is -2.54. The zero-order valence-electron chi connectivity index (χ0n) is 10.9. The summed E-state index contributed by atoms with van der Waals surface area (Å²) in [6, 6.07) is 0.901. The Kier molecular flexibility index (Phi) is 6.32. The van der Waals surface area contributed by atoms with Crippen LogP contribution in [0.4, 0.5) is 0 Å². The highest BCUT2D eigenvalue weighted by Crippen LogP contribution is 2.24. The first-order valence-electron chi connectivity index (χ1n) is 6.86. The molecule has 1 saturated carbocycles. The lowest BCUT2D eigenvalue weighted by molar-refractivity contribution is 0.0543. The van der Waals surface area contributed by atoms with Crippen LogP contribution in [0.1, 0.15) is 52.4 Å². The van der Waals surface area contributed by atoms with Crippen molar-refractivity contribution >= 4 is 0 Å². The zero-order valence-corrected chi connectivity index (χ0v) is 10.9. The van der Waals surface area contributed by atoms with Crippen LogP contribution < -0.4 is 5.73 Å². The van der Waals surface area contributed by atoms with Gasteiger partial charge in [0.2, 0.25) is 0 Å². The van der Waals surface area contributed by atoms with Gasteiger partial charge < -0.3 is 10.8 Å². The molecule has 0 aromatic rings. The van der Waals surface area contributed by atoms with Crippen LogP contribution in [0.5, 0.6) is 0 Å². The van der Waals surface area contributed by atoms with Gasteiger partial charge in [-0.2, -0.15) is 0 Å². The van der Waals surface area contributed by atoms with Crippen LogP contribution in [0.15, 0.2) is 0 Å². The molecule has 0 bridgehead atoms. The molecule has 1 aliphatic carbocycles. The summed E-state index contributed by atoms with van der Waals surface area (Å²) in [7, 11) is 0. The van der Waals surface area contributed by atoms with Crippen molar-refractivity contribution in [1.29, 1.82) is 0 Å². The van der Waals surface area contributed by atoms with E-state index in [-0.39, 0.29) is 18.7 Å². The second-order valence-electron chi connectivity index (χ2n) is 4.94. The smallest absolute Gasteiger partial charge is 0.0602 e. The highest BCUT2D eigenvalue weighted by atomic mass is 16.3. The number of hydrogen-bond donors (Lipinski definition) is 2. The van der Waals surface area contributed by atoms with E-state index in [1.807, 2.05) is 0 Å². The van der Waals surface area contributed by atoms with E-state index in [1.54, 1.807) is 0 Å². The molecule has 0 saturated heterocycles. The van der Waals surface area contributed by atoms with Gasteiger partial charge in [-0.3, -0.25) is 4.90 Å². The third-order valence-electron chi connectivity index (χ3n) is 3.99. The summed E-state index contributed by atoms with van der Waals surface area (Å²) in [6.07, 6.45) is 7.54. The van der Waals surface area contributed by atoms with E-state index >= 15 is 0 Å². The summed E-state index contributed by atoms with van der Waals surface area (Å²) in [5.41, 5.74) is 6.11. The monoisotopic (exact) mass is 228 g/mol. The zero-order chi connectivity index (χ0) is 12.0. The molecule has 3 heteroatoms. The molecule has 1 fully saturated rings. The molecule has 3 N–H and O–H groups in total. The van der Waals surface area contributed by atoms with Crippen LogP contribution in [0.2, 0.25) is 0 Å². The van der Waals surface area contributed by atoms with E-state index in [2.05, 4.69) is 18.7 Å². The first-order valence-corrected chi connectivity index (χ1v) is 6.86. The molecule has 1 aliphatic rings. The Balaban J connectivity index is 2.61. The first-order chi connectivity index (χ1) is 7.74. The van der Waals surface area contributed by atoms with Crippen LogP contribution in [0.3, 0.4) is 0 Å². The van der Waals surface area contributed by atoms with E-state index in [0.29, 0.717) is 6.04 Å². The lowest BCUT2D eigenvalue weighted by atomic mass is 9.92. The maximum Gasteiger partial charge on any atom is 0.0602 e. The molecule has 0 spiro atoms. The van der Waals surface area contributed by atoms with Crippen molar-refractivity contribution in [2.24, 2.45) is 5.73 Å². The molecule has 0 heterocycles. The van der Waals surface area contributed by atoms with Crippen molar-refractivity contribution in [2.75, 3.05) is 13.2 Å². The van der Waals surface area contributed by atoms with Crippen molar-refractivity contribution in [3.63, 3.8) is 0 Å². The molecule has 0 aromatic heterocycles. The summed E-state index contributed by atoms with van der Waals surface area (Å²) in [6.45, 7) is 5.48. The summed E-state index contributed by atoms with van der Waals surface area (Å²) in [4.78, 5) is 2.44. The average Bonchev–Trinajstić information content (AvgIpc) is 2.36. The number of likely N-dealkylation sites (N-methyl/N-ethyl adjacent to an activating group) is 1. The number of aliphatic hydroxyl groups is 1. The maximum atomic E-state index is 9.54. The fourth-order valence-electron chi connectivity index (χ4n) is 2.93. The van der Waals surface area contributed by atoms with Crippen LogP contribution >= 0.6 is 0 Å². The molecule has 0 aromatic carbocycles. The van der Waals surface area contributed by atoms with Crippen molar-refractivity contribution in [3.05, 3.63) is 0 Å². The highest BCUT2D eigenvalue weighted by molar-refractivity contribution is 4.86. The van der Waals surface area contributed by atoms with Gasteiger partial charge in [-0.1, -0.05) is 33.1 Å². The summed E-state index contributed by atoms with van der Waals surface area (Å²) >= 11 is 0. The molecular formula is C13H28N2O. The van der Waals surface area contributed by atoms with Crippen LogP contribution in [0.25, 0.3) is 0 Å². The normalized spacial score (nSPS) is 22.3. The molecule has 16 heavy (non-hydrogen) atoms. The second-order valence-corrected chi connectivity index (χ2v) is 4.94. The minimum absolute atomic E-state index is 0.104. The Morgan fingerprint density at radius 1 is 1.25 bits per heavy atom. The fraction of sp³-hybridized carbons (Fsp3) is 1.00. The number of hydrogen-bond acceptors (Lipinski definition) is 3. The molecule has 2 atom stereocenters. The van der Waals surface area contributed by atoms with Gasteiger partial charge >= 0.3 is 0 Å². The largest absolute Gasteiger partial charge is 0.395 e. The number of aliphatic hydroxyl groups excluding tert-OH is 1. The number of nitrogens with two attached hydrogens (primary N) is 1. The summed E-state index contributed by atoms with van der Waals surface area (Å²) in [5, 5.41) is 9.54. The highest BCUT2D eigenvalue weighted by Gasteiger charge is 2.28. The fourth-order valence-corrected chi connectivity index (χ4v) is 2.93. The molecule has 2 unspecified atom stereocenters. The molecule has 0 amide bonds. The maximum absolute atomic E-state index is 9.54. The average molecular weight is 228 g/mol. The van der Waals surface area contributed by atoms with Crippen molar-refractivity contribution < 1.29 is 5.11 Å². The van der Waals surface area contributed by atoms with E-state index < -0.39 is 0 Å². The molecule has 96 valence electrons. The summed E-state index contributed by atoms with van der Waals surface area (Å²) < 4.78 is 0. The van der Waals surface area contributed by atoms with Gasteiger partial charge in [-0.25, -0.2) is 0 Å². The molecular weight excluding hydrogens is 200 g/mol.